The van der Waals surface area contributed by atoms with E-state index in [2.05, 4.69) is 60.5 Å². The summed E-state index contributed by atoms with van der Waals surface area (Å²) in [7, 11) is 0. The van der Waals surface area contributed by atoms with Crippen LogP contribution >= 0.6 is 11.8 Å². The summed E-state index contributed by atoms with van der Waals surface area (Å²) in [6.45, 7) is 14.3. The van der Waals surface area contributed by atoms with E-state index in [0.717, 1.165) is 30.4 Å². The number of likely N-dealkylation sites (tertiary alicyclic amines) is 1. The van der Waals surface area contributed by atoms with Crippen molar-refractivity contribution in [2.75, 3.05) is 19.3 Å². The molecule has 140 valence electrons. The zero-order valence-corrected chi connectivity index (χ0v) is 17.2. The molecule has 3 rings (SSSR count). The van der Waals surface area contributed by atoms with Crippen molar-refractivity contribution in [3.8, 4) is 0 Å². The predicted octanol–water partition coefficient (Wildman–Crippen LogP) is 6.01. The van der Waals surface area contributed by atoms with E-state index < -0.39 is 0 Å². The number of fused-ring (bicyclic) bond motifs is 1. The number of nitrogens with one attached hydrogen (secondary N) is 1. The first kappa shape index (κ1) is 19.3. The minimum atomic E-state index is 0.784. The number of hydrogen-bond acceptors (Lipinski definition) is 2. The molecule has 1 fully saturated rings. The molecule has 27 heavy (non-hydrogen) atoms. The van der Waals surface area contributed by atoms with Crippen LogP contribution in [0.25, 0.3) is 16.5 Å². The van der Waals surface area contributed by atoms with Crippen molar-refractivity contribution >= 4 is 33.4 Å². The molecule has 2 aromatic rings. The Morgan fingerprint density at radius 3 is 2.89 bits per heavy atom. The first-order chi connectivity index (χ1) is 13.0. The molecule has 1 aliphatic heterocycles. The highest BCUT2D eigenvalue weighted by Crippen LogP contribution is 2.31. The number of aromatic amines is 1. The summed E-state index contributed by atoms with van der Waals surface area (Å²) < 4.78 is 0. The molecule has 3 nitrogen and oxygen atoms in total. The largest absolute Gasteiger partial charge is 0.361 e. The average molecular weight is 378 g/mol. The highest BCUT2D eigenvalue weighted by Gasteiger charge is 2.22. The van der Waals surface area contributed by atoms with Gasteiger partial charge in [-0.25, -0.2) is 4.99 Å². The number of rotatable bonds is 3. The number of aliphatic imine (C=N–C) groups is 1. The third-order valence-electron chi connectivity index (χ3n) is 4.95. The molecule has 1 aromatic heterocycles. The second kappa shape index (κ2) is 8.49. The van der Waals surface area contributed by atoms with E-state index in [9.17, 15) is 0 Å². The van der Waals surface area contributed by atoms with Crippen molar-refractivity contribution in [3.05, 3.63) is 78.2 Å². The highest BCUT2D eigenvalue weighted by atomic mass is 32.2. The van der Waals surface area contributed by atoms with E-state index >= 15 is 0 Å². The van der Waals surface area contributed by atoms with E-state index in [4.69, 9.17) is 4.99 Å². The van der Waals surface area contributed by atoms with Crippen LogP contribution in [-0.4, -0.2) is 34.4 Å². The number of amidine groups is 1. The maximum atomic E-state index is 4.70. The number of H-pyrrole nitrogens is 1. The van der Waals surface area contributed by atoms with Crippen LogP contribution in [0, 0.1) is 0 Å². The average Bonchev–Trinajstić information content (AvgIpc) is 3.14. The Kier molecular flexibility index (Phi) is 6.07. The maximum Gasteiger partial charge on any atom is 0.164 e. The summed E-state index contributed by atoms with van der Waals surface area (Å²) in [5.41, 5.74) is 7.04. The third-order valence-corrected chi connectivity index (χ3v) is 5.66. The molecule has 0 aliphatic carbocycles. The lowest BCUT2D eigenvalue weighted by Gasteiger charge is -2.33. The molecule has 4 heteroatoms. The van der Waals surface area contributed by atoms with E-state index in [1.165, 1.54) is 33.2 Å². The van der Waals surface area contributed by atoms with E-state index in [1.54, 1.807) is 11.8 Å². The van der Waals surface area contributed by atoms with Gasteiger partial charge in [0, 0.05) is 24.8 Å². The van der Waals surface area contributed by atoms with Crippen LogP contribution in [0.4, 0.5) is 0 Å². The van der Waals surface area contributed by atoms with Crippen LogP contribution in [-0.2, 0) is 0 Å². The molecule has 1 aliphatic rings. The fraction of sp³-hybridized carbons (Fsp3) is 0.261. The van der Waals surface area contributed by atoms with E-state index in [1.807, 2.05) is 25.3 Å². The summed E-state index contributed by atoms with van der Waals surface area (Å²) in [6, 6.07) is 8.70. The van der Waals surface area contributed by atoms with Gasteiger partial charge in [-0.15, -0.1) is 0 Å². The van der Waals surface area contributed by atoms with Crippen LogP contribution in [0.1, 0.15) is 25.8 Å². The topological polar surface area (TPSA) is 31.4 Å². The number of benzene rings is 1. The van der Waals surface area contributed by atoms with Crippen molar-refractivity contribution < 1.29 is 0 Å². The van der Waals surface area contributed by atoms with Crippen LogP contribution in [0.5, 0.6) is 0 Å². The molecule has 0 amide bonds. The lowest BCUT2D eigenvalue weighted by atomic mass is 9.91. The van der Waals surface area contributed by atoms with Gasteiger partial charge in [-0.05, 0) is 78.5 Å². The van der Waals surface area contributed by atoms with Gasteiger partial charge in [0.25, 0.3) is 0 Å². The number of aromatic nitrogens is 1. The zero-order chi connectivity index (χ0) is 19.4. The molecule has 1 N–H and O–H groups in total. The van der Waals surface area contributed by atoms with E-state index in [0.29, 0.717) is 0 Å². The molecule has 1 saturated heterocycles. The van der Waals surface area contributed by atoms with Crippen molar-refractivity contribution in [1.82, 2.24) is 9.88 Å². The number of allylic oxidation sites excluding steroid dienone is 3. The highest BCUT2D eigenvalue weighted by molar-refractivity contribution is 8.13. The number of piperidine rings is 1. The third kappa shape index (κ3) is 4.28. The number of thioether (sulfide) groups is 1. The second-order valence-corrected chi connectivity index (χ2v) is 7.52. The molecule has 0 atom stereocenters. The van der Waals surface area contributed by atoms with Crippen molar-refractivity contribution in [1.29, 1.82) is 0 Å². The van der Waals surface area contributed by atoms with Crippen molar-refractivity contribution in [3.63, 3.8) is 0 Å². The number of hydrogen-bond donors (Lipinski definition) is 1. The Hall–Kier alpha value is -2.46. The van der Waals surface area contributed by atoms with Gasteiger partial charge in [-0.1, -0.05) is 37.1 Å². The molecular formula is C23H27N3S. The Balaban J connectivity index is 1.92. The fourth-order valence-electron chi connectivity index (χ4n) is 3.41. The van der Waals surface area contributed by atoms with Gasteiger partial charge in [-0.3, -0.25) is 0 Å². The Morgan fingerprint density at radius 1 is 1.33 bits per heavy atom. The predicted molar refractivity (Wildman–Crippen MR) is 121 cm³/mol. The Labute approximate surface area is 166 Å². The molecule has 0 radical (unpaired) electrons. The molecule has 0 saturated carbocycles. The molecule has 1 aromatic carbocycles. The first-order valence-corrected chi connectivity index (χ1v) is 10.4. The van der Waals surface area contributed by atoms with Crippen LogP contribution in [0.15, 0.2) is 77.6 Å². The molecule has 0 bridgehead atoms. The zero-order valence-electron chi connectivity index (χ0n) is 16.4. The lowest BCUT2D eigenvalue weighted by Crippen LogP contribution is -2.36. The van der Waals surface area contributed by atoms with Crippen LogP contribution in [0.2, 0.25) is 0 Å². The van der Waals surface area contributed by atoms with Gasteiger partial charge in [-0.2, -0.15) is 0 Å². The standard InChI is InChI=1S/C23H27N3S/c1-6-7-17(3)25-23(27-5)26-13-11-16(2)21(15-26)18(4)19-8-9-22-20(14-19)10-12-24-22/h6-10,12,14,24H,2-3,11,13,15H2,1,4-5H3/b7-6-,21-18+,25-23?. The van der Waals surface area contributed by atoms with Gasteiger partial charge < -0.3 is 9.88 Å². The smallest absolute Gasteiger partial charge is 0.164 e. The summed E-state index contributed by atoms with van der Waals surface area (Å²) in [4.78, 5) is 10.3. The van der Waals surface area contributed by atoms with E-state index in [-0.39, 0.29) is 0 Å². The molecule has 0 spiro atoms. The summed E-state index contributed by atoms with van der Waals surface area (Å²) in [5.74, 6) is 0. The van der Waals surface area contributed by atoms with Gasteiger partial charge in [0.1, 0.15) is 0 Å². The van der Waals surface area contributed by atoms with Gasteiger partial charge in [0.2, 0.25) is 0 Å². The van der Waals surface area contributed by atoms with Crippen molar-refractivity contribution in [2.45, 2.75) is 20.3 Å². The second-order valence-electron chi connectivity index (χ2n) is 6.75. The summed E-state index contributed by atoms with van der Waals surface area (Å²) in [5, 5.41) is 2.25. The Bertz CT molecular complexity index is 959. The lowest BCUT2D eigenvalue weighted by molar-refractivity contribution is 0.440. The molecule has 0 unspecified atom stereocenters. The molecule has 2 heterocycles. The number of nitrogens with zero attached hydrogens (tertiary/aromatic N) is 2. The monoisotopic (exact) mass is 377 g/mol. The van der Waals surface area contributed by atoms with Crippen LogP contribution < -0.4 is 0 Å². The van der Waals surface area contributed by atoms with Crippen LogP contribution in [0.3, 0.4) is 0 Å². The van der Waals surface area contributed by atoms with Gasteiger partial charge in [0.15, 0.2) is 5.17 Å². The summed E-state index contributed by atoms with van der Waals surface area (Å²) >= 11 is 1.67. The first-order valence-electron chi connectivity index (χ1n) is 9.18. The van der Waals surface area contributed by atoms with Gasteiger partial charge >= 0.3 is 0 Å². The maximum absolute atomic E-state index is 4.70. The van der Waals surface area contributed by atoms with Gasteiger partial charge in [0.05, 0.1) is 5.70 Å². The normalized spacial score (nSPS) is 17.8. The summed E-state index contributed by atoms with van der Waals surface area (Å²) in [6.07, 6.45) is 8.91. The van der Waals surface area contributed by atoms with Crippen molar-refractivity contribution in [2.24, 2.45) is 4.99 Å². The SMILES string of the molecule is C=C(/C=C\C)N=C(SC)N1CCC(=C)/C(=C(\C)c2ccc3[nH]ccc3c2)C1. The quantitative estimate of drug-likeness (QED) is 0.403. The fourth-order valence-corrected chi connectivity index (χ4v) is 4.03. The Morgan fingerprint density at radius 2 is 2.15 bits per heavy atom. The minimum absolute atomic E-state index is 0.784. The molecular weight excluding hydrogens is 350 g/mol. The minimum Gasteiger partial charge on any atom is -0.361 e.